The summed E-state index contributed by atoms with van der Waals surface area (Å²) in [4.78, 5) is 23.5. The lowest BCUT2D eigenvalue weighted by molar-refractivity contribution is -0.139. The molecule has 2 aromatic rings. The number of carbonyl (C=O) groups excluding carboxylic acids is 1. The number of nitrogens with zero attached hydrogens (tertiary/aromatic N) is 2. The Morgan fingerprint density at radius 2 is 1.92 bits per heavy atom. The Labute approximate surface area is 155 Å². The fourth-order valence-corrected chi connectivity index (χ4v) is 2.71. The highest BCUT2D eigenvalue weighted by Gasteiger charge is 2.30. The van der Waals surface area contributed by atoms with E-state index in [1.54, 1.807) is 61.5 Å². The number of hydrazone groups is 1. The lowest BCUT2D eigenvalue weighted by Gasteiger charge is -2.13. The summed E-state index contributed by atoms with van der Waals surface area (Å²) < 4.78 is 5.28. The number of hydrogen-bond acceptors (Lipinski definition) is 4. The Bertz CT molecular complexity index is 937. The van der Waals surface area contributed by atoms with Gasteiger partial charge in [-0.05, 0) is 31.2 Å². The Hall–Kier alpha value is -3.12. The zero-order valence-electron chi connectivity index (χ0n) is 13.8. The number of hydrogen-bond donors (Lipinski definition) is 1. The third kappa shape index (κ3) is 3.60. The first kappa shape index (κ1) is 17.7. The van der Waals surface area contributed by atoms with E-state index in [1.807, 2.05) is 0 Å². The number of carbonyl (C=O) groups is 2. The van der Waals surface area contributed by atoms with Crippen molar-refractivity contribution in [3.8, 4) is 5.75 Å². The number of halogens is 1. The molecule has 0 unspecified atom stereocenters. The van der Waals surface area contributed by atoms with Gasteiger partial charge in [-0.25, -0.2) is 4.79 Å². The van der Waals surface area contributed by atoms with Gasteiger partial charge in [0.25, 0.3) is 5.91 Å². The fraction of sp³-hybridized carbons (Fsp3) is 0.105. The molecule has 132 valence electrons. The monoisotopic (exact) mass is 370 g/mol. The fourth-order valence-electron chi connectivity index (χ4n) is 2.50. The van der Waals surface area contributed by atoms with Crippen LogP contribution in [0.3, 0.4) is 0 Å². The average molecular weight is 371 g/mol. The van der Waals surface area contributed by atoms with Gasteiger partial charge in [0.05, 0.1) is 22.0 Å². The van der Waals surface area contributed by atoms with Crippen LogP contribution in [0.2, 0.25) is 5.02 Å². The summed E-state index contributed by atoms with van der Waals surface area (Å²) in [6.45, 7) is 1.26. The summed E-state index contributed by atoms with van der Waals surface area (Å²) >= 11 is 6.16. The number of amides is 1. The zero-order valence-corrected chi connectivity index (χ0v) is 14.6. The number of rotatable bonds is 5. The number of carboxylic acids is 1. The maximum Gasteiger partial charge on any atom is 0.341 e. The van der Waals surface area contributed by atoms with Gasteiger partial charge in [0.1, 0.15) is 5.75 Å². The molecule has 0 atom stereocenters. The highest BCUT2D eigenvalue weighted by molar-refractivity contribution is 6.37. The molecule has 0 aromatic heterocycles. The van der Waals surface area contributed by atoms with Gasteiger partial charge in [-0.15, -0.1) is 0 Å². The van der Waals surface area contributed by atoms with E-state index in [0.717, 1.165) is 0 Å². The first-order chi connectivity index (χ1) is 12.5. The van der Waals surface area contributed by atoms with E-state index in [9.17, 15) is 9.59 Å². The quantitative estimate of drug-likeness (QED) is 0.815. The van der Waals surface area contributed by atoms with Crippen LogP contribution in [0.25, 0.3) is 6.08 Å². The summed E-state index contributed by atoms with van der Waals surface area (Å²) in [7, 11) is 0. The standard InChI is InChI=1S/C19H15ClN2O4/c1-12-14(10-13-6-2-5-9-17(13)26-11-18(23)24)19(25)22(21-12)16-8-4-3-7-15(16)20/h2-10H,11H2,1H3,(H,23,24)/b14-10-. The van der Waals surface area contributed by atoms with Gasteiger partial charge in [-0.3, -0.25) is 4.79 Å². The molecule has 1 heterocycles. The van der Waals surface area contributed by atoms with Crippen molar-refractivity contribution in [2.45, 2.75) is 6.92 Å². The van der Waals surface area contributed by atoms with Crippen LogP contribution in [-0.2, 0) is 9.59 Å². The minimum Gasteiger partial charge on any atom is -0.481 e. The van der Waals surface area contributed by atoms with Crippen LogP contribution < -0.4 is 9.75 Å². The van der Waals surface area contributed by atoms with Crippen LogP contribution >= 0.6 is 11.6 Å². The van der Waals surface area contributed by atoms with E-state index in [4.69, 9.17) is 21.4 Å². The van der Waals surface area contributed by atoms with E-state index in [1.165, 1.54) is 5.01 Å². The van der Waals surface area contributed by atoms with Crippen LogP contribution in [0.4, 0.5) is 5.69 Å². The molecule has 2 aromatic carbocycles. The normalized spacial score (nSPS) is 15.3. The van der Waals surface area contributed by atoms with Crippen molar-refractivity contribution >= 4 is 41.0 Å². The van der Waals surface area contributed by atoms with Crippen molar-refractivity contribution in [3.05, 3.63) is 64.7 Å². The van der Waals surface area contributed by atoms with Crippen LogP contribution in [0.15, 0.2) is 59.2 Å². The molecule has 0 radical (unpaired) electrons. The van der Waals surface area contributed by atoms with Gasteiger partial charge in [0.15, 0.2) is 6.61 Å². The van der Waals surface area contributed by atoms with Gasteiger partial charge in [0, 0.05) is 5.56 Å². The van der Waals surface area contributed by atoms with E-state index in [2.05, 4.69) is 5.10 Å². The molecule has 7 heteroatoms. The summed E-state index contributed by atoms with van der Waals surface area (Å²) in [6.07, 6.45) is 1.63. The molecular weight excluding hydrogens is 356 g/mol. The van der Waals surface area contributed by atoms with Crippen molar-refractivity contribution in [2.24, 2.45) is 5.10 Å². The number of ether oxygens (including phenoxy) is 1. The Balaban J connectivity index is 1.94. The van der Waals surface area contributed by atoms with Gasteiger partial charge in [-0.2, -0.15) is 10.1 Å². The predicted molar refractivity (Wildman–Crippen MR) is 99.6 cm³/mol. The first-order valence-corrected chi connectivity index (χ1v) is 8.15. The molecule has 1 N–H and O–H groups in total. The number of anilines is 1. The lowest BCUT2D eigenvalue weighted by atomic mass is 10.1. The lowest BCUT2D eigenvalue weighted by Crippen LogP contribution is -2.21. The number of para-hydroxylation sites is 2. The second kappa shape index (κ2) is 7.41. The van der Waals surface area contributed by atoms with Crippen LogP contribution in [0.5, 0.6) is 5.75 Å². The highest BCUT2D eigenvalue weighted by atomic mass is 35.5. The minimum atomic E-state index is -1.08. The Morgan fingerprint density at radius 1 is 1.23 bits per heavy atom. The third-order valence-electron chi connectivity index (χ3n) is 3.71. The number of carboxylic acid groups (broad SMARTS) is 1. The molecule has 0 spiro atoms. The second-order valence-corrected chi connectivity index (χ2v) is 5.94. The van der Waals surface area contributed by atoms with Gasteiger partial charge >= 0.3 is 5.97 Å². The topological polar surface area (TPSA) is 79.2 Å². The van der Waals surface area contributed by atoms with Gasteiger partial charge in [-0.1, -0.05) is 41.9 Å². The molecule has 1 aliphatic heterocycles. The molecule has 3 rings (SSSR count). The molecular formula is C19H15ClN2O4. The molecule has 1 aliphatic rings. The highest BCUT2D eigenvalue weighted by Crippen LogP contribution is 2.31. The maximum atomic E-state index is 12.8. The van der Waals surface area contributed by atoms with Crippen molar-refractivity contribution in [1.82, 2.24) is 0 Å². The van der Waals surface area contributed by atoms with E-state index in [-0.39, 0.29) is 5.91 Å². The van der Waals surface area contributed by atoms with E-state index in [0.29, 0.717) is 33.3 Å². The molecule has 0 saturated carbocycles. The molecule has 0 aliphatic carbocycles. The summed E-state index contributed by atoms with van der Waals surface area (Å²) in [5.41, 5.74) is 2.00. The van der Waals surface area contributed by atoms with Crippen molar-refractivity contribution < 1.29 is 19.4 Å². The SMILES string of the molecule is CC1=NN(c2ccccc2Cl)C(=O)/C1=C\c1ccccc1OCC(=O)O. The molecule has 0 bridgehead atoms. The predicted octanol–water partition coefficient (Wildman–Crippen LogP) is 3.61. The van der Waals surface area contributed by atoms with Crippen LogP contribution in [0.1, 0.15) is 12.5 Å². The Kier molecular flexibility index (Phi) is 5.04. The molecule has 1 amide bonds. The van der Waals surface area contributed by atoms with Crippen molar-refractivity contribution in [2.75, 3.05) is 11.6 Å². The minimum absolute atomic E-state index is 0.316. The van der Waals surface area contributed by atoms with E-state index < -0.39 is 12.6 Å². The van der Waals surface area contributed by atoms with E-state index >= 15 is 0 Å². The van der Waals surface area contributed by atoms with Crippen molar-refractivity contribution in [1.29, 1.82) is 0 Å². The zero-order chi connectivity index (χ0) is 18.7. The van der Waals surface area contributed by atoms with Gasteiger partial charge < -0.3 is 9.84 Å². The van der Waals surface area contributed by atoms with Crippen molar-refractivity contribution in [3.63, 3.8) is 0 Å². The number of aliphatic carboxylic acids is 1. The smallest absolute Gasteiger partial charge is 0.341 e. The molecule has 6 nitrogen and oxygen atoms in total. The maximum absolute atomic E-state index is 12.8. The third-order valence-corrected chi connectivity index (χ3v) is 4.03. The number of benzene rings is 2. The Morgan fingerprint density at radius 3 is 2.65 bits per heavy atom. The molecule has 0 fully saturated rings. The molecule has 26 heavy (non-hydrogen) atoms. The summed E-state index contributed by atoms with van der Waals surface area (Å²) in [5, 5.41) is 14.8. The van der Waals surface area contributed by atoms with Crippen LogP contribution in [-0.4, -0.2) is 29.3 Å². The average Bonchev–Trinajstić information content (AvgIpc) is 2.89. The summed E-state index contributed by atoms with van der Waals surface area (Å²) in [5.74, 6) is -1.02. The van der Waals surface area contributed by atoms with Crippen LogP contribution in [0, 0.1) is 0 Å². The first-order valence-electron chi connectivity index (χ1n) is 7.77. The largest absolute Gasteiger partial charge is 0.481 e. The second-order valence-electron chi connectivity index (χ2n) is 5.53. The van der Waals surface area contributed by atoms with Gasteiger partial charge in [0.2, 0.25) is 0 Å². The summed E-state index contributed by atoms with van der Waals surface area (Å²) in [6, 6.07) is 13.8. The molecule has 0 saturated heterocycles.